The quantitative estimate of drug-likeness (QED) is 0.180. The van der Waals surface area contributed by atoms with Crippen LogP contribution in [0.2, 0.25) is 5.02 Å². The molecule has 0 fully saturated rings. The monoisotopic (exact) mass is 558 g/mol. The van der Waals surface area contributed by atoms with E-state index in [1.54, 1.807) is 0 Å². The fourth-order valence-electron chi connectivity index (χ4n) is 7.39. The first-order valence-corrected chi connectivity index (χ1v) is 15.2. The Balaban J connectivity index is 1.43. The Morgan fingerprint density at radius 2 is 1.07 bits per heavy atom. The minimum Gasteiger partial charge on any atom is -0.0887 e. The minimum absolute atomic E-state index is 0.443. The van der Waals surface area contributed by atoms with E-state index < -0.39 is 5.41 Å². The van der Waals surface area contributed by atoms with Crippen LogP contribution in [-0.4, -0.2) is 0 Å². The Morgan fingerprint density at radius 1 is 0.439 bits per heavy atom. The van der Waals surface area contributed by atoms with Crippen molar-refractivity contribution in [2.24, 2.45) is 0 Å². The summed E-state index contributed by atoms with van der Waals surface area (Å²) in [6.45, 7) is 0. The van der Waals surface area contributed by atoms with E-state index in [0.717, 1.165) is 5.02 Å². The predicted molar refractivity (Wildman–Crippen MR) is 173 cm³/mol. The molecular weight excluding hydrogens is 536 g/mol. The fraction of sp³-hybridized carbons (Fsp3) is 0.0256. The molecule has 0 bridgehead atoms. The normalized spacial score (nSPS) is 14.1. The molecule has 1 heterocycles. The predicted octanol–water partition coefficient (Wildman–Crippen LogP) is 11.1. The van der Waals surface area contributed by atoms with Crippen molar-refractivity contribution in [3.05, 3.63) is 167 Å². The molecule has 1 spiro atoms. The van der Waals surface area contributed by atoms with Crippen molar-refractivity contribution in [2.75, 3.05) is 0 Å². The Bertz CT molecular complexity index is 2160. The van der Waals surface area contributed by atoms with Crippen LogP contribution >= 0.6 is 23.4 Å². The SMILES string of the molecule is Clc1cc(-c2cccc3c2ccc2ccccc23)c2c(c1)C1(c3ccccc3S2)c2ccccc2-c2ccccc21. The molecule has 0 aromatic heterocycles. The van der Waals surface area contributed by atoms with Crippen LogP contribution in [0.5, 0.6) is 0 Å². The summed E-state index contributed by atoms with van der Waals surface area (Å²) in [6.07, 6.45) is 0. The highest BCUT2D eigenvalue weighted by molar-refractivity contribution is 7.99. The van der Waals surface area contributed by atoms with Gasteiger partial charge in [-0.2, -0.15) is 0 Å². The number of fused-ring (bicyclic) bond motifs is 12. The summed E-state index contributed by atoms with van der Waals surface area (Å²) in [4.78, 5) is 2.57. The maximum Gasteiger partial charge on any atom is 0.0736 e. The van der Waals surface area contributed by atoms with Gasteiger partial charge in [0.15, 0.2) is 0 Å². The minimum atomic E-state index is -0.443. The zero-order valence-electron chi connectivity index (χ0n) is 22.1. The fourth-order valence-corrected chi connectivity index (χ4v) is 8.91. The van der Waals surface area contributed by atoms with Crippen molar-refractivity contribution in [2.45, 2.75) is 15.2 Å². The molecule has 2 heteroatoms. The van der Waals surface area contributed by atoms with Gasteiger partial charge in [0, 0.05) is 14.8 Å². The first-order valence-electron chi connectivity index (χ1n) is 14.0. The molecule has 2 aliphatic rings. The molecule has 0 amide bonds. The lowest BCUT2D eigenvalue weighted by Gasteiger charge is -2.40. The van der Waals surface area contributed by atoms with E-state index in [-0.39, 0.29) is 0 Å². The lowest BCUT2D eigenvalue weighted by molar-refractivity contribution is 0.723. The van der Waals surface area contributed by atoms with E-state index in [9.17, 15) is 0 Å². The third kappa shape index (κ3) is 3.08. The molecule has 1 aliphatic carbocycles. The molecule has 0 nitrogen and oxygen atoms in total. The van der Waals surface area contributed by atoms with Crippen LogP contribution in [0.15, 0.2) is 149 Å². The van der Waals surface area contributed by atoms with Crippen molar-refractivity contribution in [1.29, 1.82) is 0 Å². The van der Waals surface area contributed by atoms with E-state index in [0.29, 0.717) is 0 Å². The van der Waals surface area contributed by atoms with Crippen molar-refractivity contribution >= 4 is 44.9 Å². The van der Waals surface area contributed by atoms with Gasteiger partial charge in [0.2, 0.25) is 0 Å². The molecule has 9 rings (SSSR count). The lowest BCUT2D eigenvalue weighted by atomic mass is 9.67. The smallest absolute Gasteiger partial charge is 0.0736 e. The highest BCUT2D eigenvalue weighted by Gasteiger charge is 2.50. The van der Waals surface area contributed by atoms with Crippen LogP contribution in [0.1, 0.15) is 22.3 Å². The average Bonchev–Trinajstić information content (AvgIpc) is 3.32. The summed E-state index contributed by atoms with van der Waals surface area (Å²) in [6, 6.07) is 51.0. The molecule has 0 radical (unpaired) electrons. The summed E-state index contributed by atoms with van der Waals surface area (Å²) in [5.74, 6) is 0. The number of hydrogen-bond acceptors (Lipinski definition) is 1. The Morgan fingerprint density at radius 3 is 1.88 bits per heavy atom. The van der Waals surface area contributed by atoms with Gasteiger partial charge < -0.3 is 0 Å². The zero-order chi connectivity index (χ0) is 27.1. The molecule has 0 unspecified atom stereocenters. The maximum atomic E-state index is 7.11. The first-order chi connectivity index (χ1) is 20.2. The Kier molecular flexibility index (Phi) is 4.91. The maximum absolute atomic E-state index is 7.11. The molecule has 0 saturated carbocycles. The van der Waals surface area contributed by atoms with E-state index in [1.165, 1.54) is 75.8 Å². The lowest BCUT2D eigenvalue weighted by Crippen LogP contribution is -2.32. The molecule has 1 aliphatic heterocycles. The van der Waals surface area contributed by atoms with Gasteiger partial charge in [0.25, 0.3) is 0 Å². The second kappa shape index (κ2) is 8.60. The van der Waals surface area contributed by atoms with Gasteiger partial charge in [-0.25, -0.2) is 0 Å². The largest absolute Gasteiger partial charge is 0.0887 e. The average molecular weight is 559 g/mol. The molecule has 0 saturated heterocycles. The number of hydrogen-bond donors (Lipinski definition) is 0. The number of halogens is 1. The summed E-state index contributed by atoms with van der Waals surface area (Å²) in [7, 11) is 0. The van der Waals surface area contributed by atoms with E-state index in [1.807, 2.05) is 11.8 Å². The van der Waals surface area contributed by atoms with Gasteiger partial charge in [-0.15, -0.1) is 0 Å². The Labute approximate surface area is 248 Å². The van der Waals surface area contributed by atoms with Crippen LogP contribution in [0.3, 0.4) is 0 Å². The summed E-state index contributed by atoms with van der Waals surface area (Å²) >= 11 is 8.99. The van der Waals surface area contributed by atoms with Crippen LogP contribution in [0, 0.1) is 0 Å². The van der Waals surface area contributed by atoms with E-state index in [4.69, 9.17) is 11.6 Å². The summed E-state index contributed by atoms with van der Waals surface area (Å²) in [5.41, 5.74) is 9.80. The van der Waals surface area contributed by atoms with Gasteiger partial charge >= 0.3 is 0 Å². The second-order valence-corrected chi connectivity index (χ2v) is 12.4. The van der Waals surface area contributed by atoms with Crippen molar-refractivity contribution in [3.63, 3.8) is 0 Å². The number of rotatable bonds is 1. The third-order valence-corrected chi connectivity index (χ3v) is 10.4. The second-order valence-electron chi connectivity index (χ2n) is 11.0. The number of benzene rings is 7. The van der Waals surface area contributed by atoms with Crippen molar-refractivity contribution in [3.8, 4) is 22.3 Å². The molecule has 192 valence electrons. The first kappa shape index (κ1) is 23.4. The standard InChI is InChI=1S/C39H23ClS/c40-25-22-32(28-15-9-14-27-26-11-2-1-10-24(26)20-21-29(27)28)38-36(23-25)39(35-18-7-8-19-37(35)41-38)33-16-5-3-12-30(33)31-13-4-6-17-34(31)39/h1-23H. The van der Waals surface area contributed by atoms with Crippen LogP contribution in [0.4, 0.5) is 0 Å². The van der Waals surface area contributed by atoms with Crippen LogP contribution < -0.4 is 0 Å². The molecule has 0 atom stereocenters. The van der Waals surface area contributed by atoms with Gasteiger partial charge in [-0.3, -0.25) is 0 Å². The van der Waals surface area contributed by atoms with Crippen molar-refractivity contribution in [1.82, 2.24) is 0 Å². The van der Waals surface area contributed by atoms with Gasteiger partial charge in [-0.05, 0) is 84.3 Å². The third-order valence-electron chi connectivity index (χ3n) is 8.99. The highest BCUT2D eigenvalue weighted by atomic mass is 35.5. The molecule has 41 heavy (non-hydrogen) atoms. The topological polar surface area (TPSA) is 0 Å². The Hall–Kier alpha value is -4.30. The van der Waals surface area contributed by atoms with Crippen LogP contribution in [0.25, 0.3) is 43.8 Å². The molecular formula is C39H23ClS. The van der Waals surface area contributed by atoms with Gasteiger partial charge in [0.1, 0.15) is 0 Å². The summed E-state index contributed by atoms with van der Waals surface area (Å²) in [5, 5.41) is 5.80. The van der Waals surface area contributed by atoms with Crippen LogP contribution in [-0.2, 0) is 5.41 Å². The molecule has 0 N–H and O–H groups in total. The van der Waals surface area contributed by atoms with Crippen molar-refractivity contribution < 1.29 is 0 Å². The molecule has 7 aromatic rings. The highest BCUT2D eigenvalue weighted by Crippen LogP contribution is 2.63. The van der Waals surface area contributed by atoms with Gasteiger partial charge in [-0.1, -0.05) is 145 Å². The van der Waals surface area contributed by atoms with E-state index in [2.05, 4.69) is 140 Å². The summed E-state index contributed by atoms with van der Waals surface area (Å²) < 4.78 is 0. The zero-order valence-corrected chi connectivity index (χ0v) is 23.6. The van der Waals surface area contributed by atoms with E-state index >= 15 is 0 Å². The molecule has 7 aromatic carbocycles. The van der Waals surface area contributed by atoms with Gasteiger partial charge in [0.05, 0.1) is 5.41 Å².